The van der Waals surface area contributed by atoms with Crippen LogP contribution >= 0.6 is 22.9 Å². The Morgan fingerprint density at radius 1 is 1.50 bits per heavy atom. The molecule has 0 saturated carbocycles. The van der Waals surface area contributed by atoms with Crippen LogP contribution in [0.5, 0.6) is 0 Å². The predicted molar refractivity (Wildman–Crippen MR) is 64.5 cm³/mol. The first kappa shape index (κ1) is 13.8. The van der Waals surface area contributed by atoms with Crippen LogP contribution in [0.15, 0.2) is 12.1 Å². The van der Waals surface area contributed by atoms with Gasteiger partial charge in [0.1, 0.15) is 0 Å². The fourth-order valence-corrected chi connectivity index (χ4v) is 2.31. The second kappa shape index (κ2) is 7.17. The summed E-state index contributed by atoms with van der Waals surface area (Å²) in [6.45, 7) is 1.87. The first-order chi connectivity index (χ1) is 7.58. The van der Waals surface area contributed by atoms with Crippen molar-refractivity contribution in [3.05, 3.63) is 21.3 Å². The minimum atomic E-state index is -2.26. The van der Waals surface area contributed by atoms with Crippen molar-refractivity contribution in [2.75, 3.05) is 26.7 Å². The molecule has 0 atom stereocenters. The van der Waals surface area contributed by atoms with Gasteiger partial charge >= 0.3 is 0 Å². The van der Waals surface area contributed by atoms with Gasteiger partial charge in [0.15, 0.2) is 0 Å². The van der Waals surface area contributed by atoms with Crippen LogP contribution in [0.3, 0.4) is 0 Å². The van der Waals surface area contributed by atoms with Crippen LogP contribution in [0.1, 0.15) is 4.88 Å². The summed E-state index contributed by atoms with van der Waals surface area (Å²) in [4.78, 5) is 2.76. The number of alkyl halides is 2. The van der Waals surface area contributed by atoms with Crippen LogP contribution in [0.2, 0.25) is 4.34 Å². The lowest BCUT2D eigenvalue weighted by Crippen LogP contribution is -2.32. The minimum absolute atomic E-state index is 0.174. The highest BCUT2D eigenvalue weighted by Crippen LogP contribution is 2.20. The normalized spacial score (nSPS) is 11.6. The molecule has 6 heteroatoms. The molecule has 0 aliphatic rings. The van der Waals surface area contributed by atoms with Gasteiger partial charge < -0.3 is 5.32 Å². The first-order valence-corrected chi connectivity index (χ1v) is 6.19. The van der Waals surface area contributed by atoms with Gasteiger partial charge in [-0.1, -0.05) is 11.6 Å². The summed E-state index contributed by atoms with van der Waals surface area (Å²) in [7, 11) is 1.69. The molecule has 0 aliphatic heterocycles. The van der Waals surface area contributed by atoms with E-state index in [1.165, 1.54) is 11.3 Å². The van der Waals surface area contributed by atoms with Crippen LogP contribution in [-0.2, 0) is 6.54 Å². The van der Waals surface area contributed by atoms with Crippen LogP contribution in [0.4, 0.5) is 8.78 Å². The first-order valence-electron chi connectivity index (χ1n) is 4.99. The molecular formula is C10H15ClF2N2S. The maximum atomic E-state index is 12.0. The van der Waals surface area contributed by atoms with Crippen molar-refractivity contribution in [1.29, 1.82) is 0 Å². The van der Waals surface area contributed by atoms with Crippen molar-refractivity contribution in [1.82, 2.24) is 10.2 Å². The Bertz CT molecular complexity index is 307. The van der Waals surface area contributed by atoms with Gasteiger partial charge in [0.2, 0.25) is 0 Å². The Labute approximate surface area is 103 Å². The molecule has 0 unspecified atom stereocenters. The second-order valence-electron chi connectivity index (χ2n) is 3.54. The van der Waals surface area contributed by atoms with Crippen molar-refractivity contribution < 1.29 is 8.78 Å². The van der Waals surface area contributed by atoms with Gasteiger partial charge in [0.25, 0.3) is 6.43 Å². The fraction of sp³-hybridized carbons (Fsp3) is 0.600. The topological polar surface area (TPSA) is 15.3 Å². The summed E-state index contributed by atoms with van der Waals surface area (Å²) in [5, 5.41) is 3.18. The number of hydrogen-bond donors (Lipinski definition) is 1. The minimum Gasteiger partial charge on any atom is -0.311 e. The molecular weight excluding hydrogens is 254 g/mol. The molecule has 0 spiro atoms. The maximum absolute atomic E-state index is 12.0. The highest BCUT2D eigenvalue weighted by atomic mass is 35.5. The van der Waals surface area contributed by atoms with Gasteiger partial charge in [0, 0.05) is 24.5 Å². The predicted octanol–water partition coefficient (Wildman–Crippen LogP) is 2.69. The maximum Gasteiger partial charge on any atom is 0.251 e. The fourth-order valence-electron chi connectivity index (χ4n) is 1.26. The van der Waals surface area contributed by atoms with Gasteiger partial charge in [-0.3, -0.25) is 4.90 Å². The number of likely N-dealkylation sites (N-methyl/N-ethyl adjacent to an activating group) is 1. The lowest BCUT2D eigenvalue weighted by molar-refractivity contribution is 0.101. The molecule has 0 radical (unpaired) electrons. The Balaban J connectivity index is 2.07. The molecule has 1 rings (SSSR count). The van der Waals surface area contributed by atoms with Gasteiger partial charge in [-0.15, -0.1) is 11.3 Å². The highest BCUT2D eigenvalue weighted by Gasteiger charge is 2.06. The zero-order valence-electron chi connectivity index (χ0n) is 9.05. The summed E-state index contributed by atoms with van der Waals surface area (Å²) in [6, 6.07) is 3.81. The molecule has 1 aromatic heterocycles. The molecule has 0 aromatic carbocycles. The van der Waals surface area contributed by atoms with Crippen molar-refractivity contribution in [3.63, 3.8) is 0 Å². The van der Waals surface area contributed by atoms with Crippen LogP contribution in [-0.4, -0.2) is 38.0 Å². The van der Waals surface area contributed by atoms with Crippen LogP contribution in [0, 0.1) is 0 Å². The number of nitrogens with zero attached hydrogens (tertiary/aromatic N) is 1. The molecule has 2 nitrogen and oxygen atoms in total. The van der Waals surface area contributed by atoms with E-state index in [1.807, 2.05) is 12.1 Å². The summed E-state index contributed by atoms with van der Waals surface area (Å²) < 4.78 is 24.7. The summed E-state index contributed by atoms with van der Waals surface area (Å²) >= 11 is 7.31. The van der Waals surface area contributed by atoms with E-state index in [0.29, 0.717) is 13.1 Å². The molecule has 1 heterocycles. The lowest BCUT2D eigenvalue weighted by Gasteiger charge is -2.15. The molecule has 1 aromatic rings. The number of nitrogens with one attached hydrogen (secondary N) is 1. The molecule has 16 heavy (non-hydrogen) atoms. The SMILES string of the molecule is CN(CCNCc1ccc(Cl)s1)CC(F)F. The number of halogens is 3. The van der Waals surface area contributed by atoms with Gasteiger partial charge in [-0.25, -0.2) is 8.78 Å². The third-order valence-electron chi connectivity index (χ3n) is 2.05. The Hall–Kier alpha value is -0.230. The van der Waals surface area contributed by atoms with E-state index >= 15 is 0 Å². The van der Waals surface area contributed by atoms with Crippen molar-refractivity contribution in [3.8, 4) is 0 Å². The summed E-state index contributed by atoms with van der Waals surface area (Å²) in [5.41, 5.74) is 0. The quantitative estimate of drug-likeness (QED) is 0.765. The molecule has 0 aliphatic carbocycles. The molecule has 1 N–H and O–H groups in total. The largest absolute Gasteiger partial charge is 0.311 e. The van der Waals surface area contributed by atoms with E-state index in [0.717, 1.165) is 15.8 Å². The molecule has 0 bridgehead atoms. The van der Waals surface area contributed by atoms with E-state index in [-0.39, 0.29) is 6.54 Å². The van der Waals surface area contributed by atoms with E-state index in [9.17, 15) is 8.78 Å². The summed E-state index contributed by atoms with van der Waals surface area (Å²) in [5.74, 6) is 0. The van der Waals surface area contributed by atoms with E-state index in [1.54, 1.807) is 11.9 Å². The third kappa shape index (κ3) is 5.75. The van der Waals surface area contributed by atoms with Crippen molar-refractivity contribution in [2.24, 2.45) is 0 Å². The Morgan fingerprint density at radius 3 is 2.81 bits per heavy atom. The van der Waals surface area contributed by atoms with Crippen LogP contribution in [0.25, 0.3) is 0 Å². The monoisotopic (exact) mass is 268 g/mol. The third-order valence-corrected chi connectivity index (χ3v) is 3.28. The smallest absolute Gasteiger partial charge is 0.251 e. The Kier molecular flexibility index (Phi) is 6.20. The molecule has 92 valence electrons. The summed E-state index contributed by atoms with van der Waals surface area (Å²) in [6.07, 6.45) is -2.26. The van der Waals surface area contributed by atoms with Gasteiger partial charge in [0.05, 0.1) is 10.9 Å². The zero-order chi connectivity index (χ0) is 12.0. The van der Waals surface area contributed by atoms with E-state index in [2.05, 4.69) is 5.32 Å². The molecule has 0 amide bonds. The average molecular weight is 269 g/mol. The van der Waals surface area contributed by atoms with E-state index in [4.69, 9.17) is 11.6 Å². The highest BCUT2D eigenvalue weighted by molar-refractivity contribution is 7.16. The molecule has 0 fully saturated rings. The number of hydrogen-bond acceptors (Lipinski definition) is 3. The standard InChI is InChI=1S/C10H15ClF2N2S/c1-15(7-10(12)13)5-4-14-6-8-2-3-9(11)16-8/h2-3,10,14H,4-7H2,1H3. The average Bonchev–Trinajstić information content (AvgIpc) is 2.58. The van der Waals surface area contributed by atoms with Crippen molar-refractivity contribution in [2.45, 2.75) is 13.0 Å². The van der Waals surface area contributed by atoms with Gasteiger partial charge in [-0.2, -0.15) is 0 Å². The molecule has 0 saturated heterocycles. The second-order valence-corrected chi connectivity index (χ2v) is 5.34. The number of thiophene rings is 1. The lowest BCUT2D eigenvalue weighted by atomic mass is 10.4. The van der Waals surface area contributed by atoms with E-state index < -0.39 is 6.43 Å². The number of rotatable bonds is 7. The zero-order valence-corrected chi connectivity index (χ0v) is 10.6. The van der Waals surface area contributed by atoms with Crippen LogP contribution < -0.4 is 5.32 Å². The van der Waals surface area contributed by atoms with Gasteiger partial charge in [-0.05, 0) is 19.2 Å². The Morgan fingerprint density at radius 2 is 2.25 bits per heavy atom. The van der Waals surface area contributed by atoms with Crippen molar-refractivity contribution >= 4 is 22.9 Å².